The van der Waals surface area contributed by atoms with Crippen LogP contribution in [0.15, 0.2) is 22.6 Å². The average Bonchev–Trinajstić information content (AvgIpc) is 2.99. The maximum Gasteiger partial charge on any atom is 0.263 e. The van der Waals surface area contributed by atoms with Gasteiger partial charge in [-0.1, -0.05) is 17.8 Å². The number of carbonyl (C=O) groups is 2. The lowest BCUT2D eigenvalue weighted by atomic mass is 9.97. The van der Waals surface area contributed by atoms with E-state index in [2.05, 4.69) is 22.4 Å². The number of rotatable bonds is 5. The monoisotopic (exact) mass is 392 g/mol. The minimum Gasteiger partial charge on any atom is -0.283 e. The molecule has 7 nitrogen and oxygen atoms in total. The Bertz CT molecular complexity index is 932. The first kappa shape index (κ1) is 18.7. The molecule has 0 saturated carbocycles. The smallest absolute Gasteiger partial charge is 0.263 e. The number of thioether (sulfide) groups is 1. The van der Waals surface area contributed by atoms with E-state index in [9.17, 15) is 14.4 Å². The lowest BCUT2D eigenvalue weighted by Crippen LogP contribution is -2.41. The second-order valence-electron chi connectivity index (χ2n) is 6.01. The van der Waals surface area contributed by atoms with Gasteiger partial charge in [0.15, 0.2) is 5.16 Å². The highest BCUT2D eigenvalue weighted by atomic mass is 32.2. The number of carbonyl (C=O) groups excluding carboxylic acids is 2. The van der Waals surface area contributed by atoms with E-state index in [1.54, 1.807) is 22.0 Å². The molecule has 2 heterocycles. The van der Waals surface area contributed by atoms with Gasteiger partial charge in [0.1, 0.15) is 4.83 Å². The fourth-order valence-electron chi connectivity index (χ4n) is 2.94. The molecule has 26 heavy (non-hydrogen) atoms. The Labute approximate surface area is 158 Å². The highest BCUT2D eigenvalue weighted by molar-refractivity contribution is 7.99. The van der Waals surface area contributed by atoms with Gasteiger partial charge < -0.3 is 0 Å². The lowest BCUT2D eigenvalue weighted by Gasteiger charge is -2.12. The van der Waals surface area contributed by atoms with Crippen LogP contribution in [-0.4, -0.2) is 27.1 Å². The van der Waals surface area contributed by atoms with Gasteiger partial charge >= 0.3 is 0 Å². The molecule has 2 N–H and O–H groups in total. The molecule has 0 radical (unpaired) electrons. The average molecular weight is 393 g/mol. The van der Waals surface area contributed by atoms with Crippen LogP contribution in [0.3, 0.4) is 0 Å². The van der Waals surface area contributed by atoms with E-state index < -0.39 is 0 Å². The van der Waals surface area contributed by atoms with E-state index in [0.29, 0.717) is 11.7 Å². The number of aromatic nitrogens is 2. The van der Waals surface area contributed by atoms with Crippen molar-refractivity contribution >= 4 is 45.1 Å². The molecule has 0 aromatic carbocycles. The summed E-state index contributed by atoms with van der Waals surface area (Å²) in [6.07, 6.45) is 5.81. The van der Waals surface area contributed by atoms with Crippen LogP contribution in [-0.2, 0) is 29.0 Å². The van der Waals surface area contributed by atoms with Crippen molar-refractivity contribution < 1.29 is 9.59 Å². The number of hydrogen-bond donors (Lipinski definition) is 2. The number of allylic oxidation sites excluding steroid dienone is 1. The molecule has 0 spiro atoms. The molecule has 9 heteroatoms. The Balaban J connectivity index is 1.92. The molecule has 0 fully saturated rings. The quantitative estimate of drug-likeness (QED) is 0.350. The van der Waals surface area contributed by atoms with Crippen molar-refractivity contribution in [2.75, 3.05) is 5.75 Å². The van der Waals surface area contributed by atoms with Crippen molar-refractivity contribution in [2.45, 2.75) is 44.3 Å². The Kier molecular flexibility index (Phi) is 5.77. The molecular formula is C17H20N4O3S2. The predicted octanol–water partition coefficient (Wildman–Crippen LogP) is 1.78. The van der Waals surface area contributed by atoms with Crippen molar-refractivity contribution in [3.8, 4) is 0 Å². The third kappa shape index (κ3) is 3.83. The molecule has 2 aromatic heterocycles. The number of nitrogens with one attached hydrogen (secondary N) is 2. The van der Waals surface area contributed by atoms with Crippen molar-refractivity contribution in [3.63, 3.8) is 0 Å². The van der Waals surface area contributed by atoms with Gasteiger partial charge in [-0.15, -0.1) is 17.9 Å². The lowest BCUT2D eigenvalue weighted by molar-refractivity contribution is -0.126. The Morgan fingerprint density at radius 2 is 2.12 bits per heavy atom. The zero-order valence-electron chi connectivity index (χ0n) is 14.5. The minimum atomic E-state index is -0.366. The van der Waals surface area contributed by atoms with Gasteiger partial charge in [-0.2, -0.15) is 0 Å². The van der Waals surface area contributed by atoms with Crippen molar-refractivity contribution in [3.05, 3.63) is 33.4 Å². The molecule has 2 amide bonds. The topological polar surface area (TPSA) is 93.1 Å². The molecular weight excluding hydrogens is 372 g/mol. The highest BCUT2D eigenvalue weighted by Crippen LogP contribution is 2.34. The molecule has 3 rings (SSSR count). The first-order valence-corrected chi connectivity index (χ1v) is 10.2. The number of nitrogens with zero attached hydrogens (tertiary/aromatic N) is 2. The number of fused-ring (bicyclic) bond motifs is 3. The number of hydrogen-bond acceptors (Lipinski definition) is 6. The summed E-state index contributed by atoms with van der Waals surface area (Å²) in [7, 11) is 0. The Morgan fingerprint density at radius 3 is 2.85 bits per heavy atom. The van der Waals surface area contributed by atoms with Crippen LogP contribution in [0.1, 0.15) is 30.2 Å². The van der Waals surface area contributed by atoms with E-state index in [-0.39, 0.29) is 23.1 Å². The maximum atomic E-state index is 13.0. The minimum absolute atomic E-state index is 0.0421. The summed E-state index contributed by atoms with van der Waals surface area (Å²) < 4.78 is 1.56. The zero-order valence-corrected chi connectivity index (χ0v) is 16.1. The van der Waals surface area contributed by atoms with E-state index >= 15 is 0 Å². The summed E-state index contributed by atoms with van der Waals surface area (Å²) in [6.45, 7) is 5.36. The molecule has 0 saturated heterocycles. The summed E-state index contributed by atoms with van der Waals surface area (Å²) >= 11 is 2.75. The molecule has 0 atom stereocenters. The van der Waals surface area contributed by atoms with Crippen LogP contribution in [0, 0.1) is 0 Å². The maximum absolute atomic E-state index is 13.0. The van der Waals surface area contributed by atoms with Gasteiger partial charge in [-0.25, -0.2) is 4.98 Å². The number of thiophene rings is 1. The van der Waals surface area contributed by atoms with Gasteiger partial charge in [-0.3, -0.25) is 29.8 Å². The van der Waals surface area contributed by atoms with Crippen LogP contribution < -0.4 is 16.4 Å². The summed E-state index contributed by atoms with van der Waals surface area (Å²) in [5.41, 5.74) is 5.62. The predicted molar refractivity (Wildman–Crippen MR) is 103 cm³/mol. The normalized spacial score (nSPS) is 13.3. The molecule has 0 bridgehead atoms. The van der Waals surface area contributed by atoms with Gasteiger partial charge in [0.05, 0.1) is 11.1 Å². The molecule has 1 aliphatic rings. The van der Waals surface area contributed by atoms with Crippen molar-refractivity contribution in [1.82, 2.24) is 20.4 Å². The van der Waals surface area contributed by atoms with Gasteiger partial charge in [0.2, 0.25) is 11.8 Å². The zero-order chi connectivity index (χ0) is 18.7. The number of amides is 2. The van der Waals surface area contributed by atoms with E-state index in [0.717, 1.165) is 41.5 Å². The van der Waals surface area contributed by atoms with Crippen LogP contribution >= 0.6 is 23.1 Å². The van der Waals surface area contributed by atoms with Crippen LogP contribution in [0.25, 0.3) is 10.2 Å². The van der Waals surface area contributed by atoms with Crippen molar-refractivity contribution in [2.24, 2.45) is 0 Å². The number of hydrazine groups is 1. The second kappa shape index (κ2) is 8.05. The molecule has 0 aliphatic heterocycles. The Hall–Kier alpha value is -2.13. The van der Waals surface area contributed by atoms with E-state index in [1.165, 1.54) is 23.6 Å². The third-order valence-corrected chi connectivity index (χ3v) is 6.22. The molecule has 138 valence electrons. The molecule has 0 unspecified atom stereocenters. The fraction of sp³-hybridized carbons (Fsp3) is 0.412. The molecule has 1 aliphatic carbocycles. The van der Waals surface area contributed by atoms with Gasteiger partial charge in [0, 0.05) is 18.3 Å². The SMILES string of the molecule is C=CCn1c(SCC(=O)NNC(C)=O)nc2sc3c(c2c1=O)CCCC3. The summed E-state index contributed by atoms with van der Waals surface area (Å²) in [5.74, 6) is -0.675. The standard InChI is InChI=1S/C17H20N4O3S2/c1-3-8-21-16(24)14-11-6-4-5-7-12(11)26-15(14)18-17(21)25-9-13(23)20-19-10(2)22/h3H,1,4-9H2,2H3,(H,19,22)(H,20,23). The fourth-order valence-corrected chi connectivity index (χ4v) is 5.06. The van der Waals surface area contributed by atoms with Crippen molar-refractivity contribution in [1.29, 1.82) is 0 Å². The summed E-state index contributed by atoms with van der Waals surface area (Å²) in [6, 6.07) is 0. The number of aryl methyl sites for hydroxylation is 2. The second-order valence-corrected chi connectivity index (χ2v) is 8.03. The van der Waals surface area contributed by atoms with Gasteiger partial charge in [-0.05, 0) is 31.2 Å². The highest BCUT2D eigenvalue weighted by Gasteiger charge is 2.22. The summed E-state index contributed by atoms with van der Waals surface area (Å²) in [4.78, 5) is 42.4. The first-order chi connectivity index (χ1) is 12.5. The third-order valence-electron chi connectivity index (χ3n) is 4.06. The van der Waals surface area contributed by atoms with E-state index in [1.807, 2.05) is 0 Å². The Morgan fingerprint density at radius 1 is 1.35 bits per heavy atom. The summed E-state index contributed by atoms with van der Waals surface area (Å²) in [5, 5.41) is 1.21. The van der Waals surface area contributed by atoms with Crippen LogP contribution in [0.4, 0.5) is 0 Å². The van der Waals surface area contributed by atoms with E-state index in [4.69, 9.17) is 0 Å². The van der Waals surface area contributed by atoms with Crippen LogP contribution in [0.5, 0.6) is 0 Å². The largest absolute Gasteiger partial charge is 0.283 e. The molecule has 2 aromatic rings. The first-order valence-electron chi connectivity index (χ1n) is 8.35. The van der Waals surface area contributed by atoms with Gasteiger partial charge in [0.25, 0.3) is 5.56 Å². The van der Waals surface area contributed by atoms with Crippen LogP contribution in [0.2, 0.25) is 0 Å².